The number of rotatable bonds is 3. The highest BCUT2D eigenvalue weighted by atomic mass is 35.5. The lowest BCUT2D eigenvalue weighted by molar-refractivity contribution is -0.137. The zero-order valence-corrected chi connectivity index (χ0v) is 11.0. The van der Waals surface area contributed by atoms with Gasteiger partial charge in [-0.25, -0.2) is 9.78 Å². The number of aromatic nitrogens is 1. The summed E-state index contributed by atoms with van der Waals surface area (Å²) in [6, 6.07) is 2.03. The van der Waals surface area contributed by atoms with Crippen molar-refractivity contribution in [1.29, 1.82) is 0 Å². The van der Waals surface area contributed by atoms with E-state index in [0.717, 1.165) is 11.3 Å². The van der Waals surface area contributed by atoms with Gasteiger partial charge in [0.05, 0.1) is 5.56 Å². The summed E-state index contributed by atoms with van der Waals surface area (Å²) in [4.78, 5) is 14.2. The summed E-state index contributed by atoms with van der Waals surface area (Å²) in [5.74, 6) is -1.53. The van der Waals surface area contributed by atoms with Gasteiger partial charge >= 0.3 is 12.1 Å². The fourth-order valence-electron chi connectivity index (χ4n) is 1.29. The summed E-state index contributed by atoms with van der Waals surface area (Å²) in [6.07, 6.45) is -4.00. The molecule has 0 spiro atoms. The molecule has 2 rings (SSSR count). The minimum atomic E-state index is -4.57. The largest absolute Gasteiger partial charge is 0.477 e. The number of carboxylic acids is 1. The number of ether oxygens (including phenoxy) is 1. The van der Waals surface area contributed by atoms with E-state index in [2.05, 4.69) is 4.98 Å². The number of carbonyl (C=O) groups is 1. The number of halogens is 4. The maximum Gasteiger partial charge on any atom is 0.417 e. The van der Waals surface area contributed by atoms with Crippen molar-refractivity contribution in [3.8, 4) is 11.6 Å². The van der Waals surface area contributed by atoms with Crippen molar-refractivity contribution in [1.82, 2.24) is 4.98 Å². The van der Waals surface area contributed by atoms with Crippen LogP contribution in [0.1, 0.15) is 15.2 Å². The first-order valence-corrected chi connectivity index (χ1v) is 6.26. The third kappa shape index (κ3) is 3.02. The fraction of sp³-hybridized carbons (Fsp3) is 0.0909. The van der Waals surface area contributed by atoms with Crippen LogP contribution in [0.3, 0.4) is 0 Å². The molecule has 4 nitrogen and oxygen atoms in total. The number of hydrogen-bond acceptors (Lipinski definition) is 4. The highest BCUT2D eigenvalue weighted by molar-refractivity contribution is 7.12. The smallest absolute Gasteiger partial charge is 0.417 e. The molecule has 0 atom stereocenters. The van der Waals surface area contributed by atoms with Crippen molar-refractivity contribution in [2.24, 2.45) is 0 Å². The topological polar surface area (TPSA) is 59.4 Å². The Morgan fingerprint density at radius 2 is 2.15 bits per heavy atom. The number of hydrogen-bond donors (Lipinski definition) is 1. The number of carboxylic acid groups (broad SMARTS) is 1. The van der Waals surface area contributed by atoms with Gasteiger partial charge in [0.2, 0.25) is 5.88 Å². The predicted molar refractivity (Wildman–Crippen MR) is 65.6 cm³/mol. The maximum atomic E-state index is 12.4. The van der Waals surface area contributed by atoms with E-state index < -0.39 is 17.7 Å². The van der Waals surface area contributed by atoms with E-state index in [-0.39, 0.29) is 21.5 Å². The normalized spacial score (nSPS) is 11.4. The molecule has 0 aliphatic carbocycles. The molecule has 0 bridgehead atoms. The summed E-state index contributed by atoms with van der Waals surface area (Å²) < 4.78 is 42.4. The van der Waals surface area contributed by atoms with E-state index in [1.54, 1.807) is 0 Å². The van der Waals surface area contributed by atoms with Gasteiger partial charge in [0.25, 0.3) is 0 Å². The number of nitrogens with zero attached hydrogens (tertiary/aromatic N) is 1. The summed E-state index contributed by atoms with van der Waals surface area (Å²) in [7, 11) is 0. The van der Waals surface area contributed by atoms with Crippen LogP contribution in [0, 0.1) is 0 Å². The Labute approximate surface area is 119 Å². The monoisotopic (exact) mass is 323 g/mol. The van der Waals surface area contributed by atoms with Gasteiger partial charge in [-0.3, -0.25) is 0 Å². The second-order valence-corrected chi connectivity index (χ2v) is 4.85. The Morgan fingerprint density at radius 3 is 2.70 bits per heavy atom. The molecule has 0 amide bonds. The Balaban J connectivity index is 2.31. The first-order chi connectivity index (χ1) is 9.29. The minimum Gasteiger partial charge on any atom is -0.477 e. The van der Waals surface area contributed by atoms with Crippen LogP contribution in [0.2, 0.25) is 5.02 Å². The second kappa shape index (κ2) is 5.29. The van der Waals surface area contributed by atoms with Crippen LogP contribution >= 0.6 is 22.9 Å². The third-order valence-electron chi connectivity index (χ3n) is 2.16. The van der Waals surface area contributed by atoms with Crippen molar-refractivity contribution >= 4 is 28.9 Å². The van der Waals surface area contributed by atoms with Crippen LogP contribution in [0.15, 0.2) is 23.7 Å². The Bertz CT molecular complexity index is 657. The molecule has 0 unspecified atom stereocenters. The van der Waals surface area contributed by atoms with Gasteiger partial charge in [0.1, 0.15) is 5.02 Å². The molecule has 2 aromatic heterocycles. The van der Waals surface area contributed by atoms with Crippen LogP contribution in [0.25, 0.3) is 0 Å². The summed E-state index contributed by atoms with van der Waals surface area (Å²) in [5.41, 5.74) is -1.02. The molecule has 0 fully saturated rings. The standard InChI is InChI=1S/C11H5ClF3NO3S/c12-6-3-5(11(13,14)15)4-16-9(6)19-7-1-2-20-8(7)10(17)18/h1-4H,(H,17,18). The SMILES string of the molecule is O=C(O)c1sccc1Oc1ncc(C(F)(F)F)cc1Cl. The molecule has 0 radical (unpaired) electrons. The van der Waals surface area contributed by atoms with E-state index in [1.807, 2.05) is 0 Å². The van der Waals surface area contributed by atoms with Crippen LogP contribution in [-0.4, -0.2) is 16.1 Å². The van der Waals surface area contributed by atoms with Gasteiger partial charge in [0, 0.05) is 6.20 Å². The maximum absolute atomic E-state index is 12.4. The van der Waals surface area contributed by atoms with Crippen LogP contribution < -0.4 is 4.74 Å². The average Bonchev–Trinajstić information content (AvgIpc) is 2.78. The van der Waals surface area contributed by atoms with Crippen molar-refractivity contribution in [3.05, 3.63) is 39.2 Å². The molecule has 1 N–H and O–H groups in total. The van der Waals surface area contributed by atoms with E-state index >= 15 is 0 Å². The predicted octanol–water partition coefficient (Wildman–Crippen LogP) is 4.31. The molecule has 0 aliphatic heterocycles. The Kier molecular flexibility index (Phi) is 3.87. The summed E-state index contributed by atoms with van der Waals surface area (Å²) >= 11 is 6.57. The highest BCUT2D eigenvalue weighted by Gasteiger charge is 2.32. The van der Waals surface area contributed by atoms with Gasteiger partial charge in [-0.2, -0.15) is 13.2 Å². The lowest BCUT2D eigenvalue weighted by Gasteiger charge is -2.09. The molecular formula is C11H5ClF3NO3S. The summed E-state index contributed by atoms with van der Waals surface area (Å²) in [5, 5.41) is 9.99. The number of pyridine rings is 1. The fourth-order valence-corrected chi connectivity index (χ4v) is 2.15. The highest BCUT2D eigenvalue weighted by Crippen LogP contribution is 2.36. The van der Waals surface area contributed by atoms with Gasteiger partial charge in [0.15, 0.2) is 10.6 Å². The lowest BCUT2D eigenvalue weighted by atomic mass is 10.3. The average molecular weight is 324 g/mol. The Morgan fingerprint density at radius 1 is 1.45 bits per heavy atom. The molecule has 9 heteroatoms. The van der Waals surface area contributed by atoms with E-state index in [0.29, 0.717) is 12.3 Å². The van der Waals surface area contributed by atoms with Gasteiger partial charge in [-0.05, 0) is 17.5 Å². The van der Waals surface area contributed by atoms with Gasteiger partial charge in [-0.15, -0.1) is 11.3 Å². The molecule has 0 aliphatic rings. The number of thiophene rings is 1. The molecule has 2 aromatic rings. The van der Waals surface area contributed by atoms with Crippen LogP contribution in [0.4, 0.5) is 13.2 Å². The molecular weight excluding hydrogens is 319 g/mol. The van der Waals surface area contributed by atoms with Crippen LogP contribution in [0.5, 0.6) is 11.6 Å². The first kappa shape index (κ1) is 14.6. The van der Waals surface area contributed by atoms with E-state index in [9.17, 15) is 18.0 Å². The second-order valence-electron chi connectivity index (χ2n) is 3.53. The van der Waals surface area contributed by atoms with E-state index in [1.165, 1.54) is 11.4 Å². The first-order valence-electron chi connectivity index (χ1n) is 5.00. The van der Waals surface area contributed by atoms with Crippen molar-refractivity contribution in [2.45, 2.75) is 6.18 Å². The van der Waals surface area contributed by atoms with Crippen LogP contribution in [-0.2, 0) is 6.18 Å². The molecule has 2 heterocycles. The van der Waals surface area contributed by atoms with Crippen molar-refractivity contribution in [3.63, 3.8) is 0 Å². The van der Waals surface area contributed by atoms with Crippen molar-refractivity contribution < 1.29 is 27.8 Å². The third-order valence-corrected chi connectivity index (χ3v) is 3.32. The number of alkyl halides is 3. The zero-order chi connectivity index (χ0) is 14.9. The van der Waals surface area contributed by atoms with Gasteiger partial charge in [-0.1, -0.05) is 11.6 Å². The molecule has 0 saturated carbocycles. The van der Waals surface area contributed by atoms with Gasteiger partial charge < -0.3 is 9.84 Å². The number of aromatic carboxylic acids is 1. The molecule has 0 aromatic carbocycles. The zero-order valence-electron chi connectivity index (χ0n) is 9.44. The van der Waals surface area contributed by atoms with Crippen molar-refractivity contribution in [2.75, 3.05) is 0 Å². The van der Waals surface area contributed by atoms with E-state index in [4.69, 9.17) is 21.4 Å². The minimum absolute atomic E-state index is 0.0309. The molecule has 106 valence electrons. The quantitative estimate of drug-likeness (QED) is 0.914. The molecule has 0 saturated heterocycles. The molecule has 20 heavy (non-hydrogen) atoms. The lowest BCUT2D eigenvalue weighted by Crippen LogP contribution is -2.06. The Hall–Kier alpha value is -1.80. The summed E-state index contributed by atoms with van der Waals surface area (Å²) in [6.45, 7) is 0.